The second-order valence-corrected chi connectivity index (χ2v) is 7.98. The van der Waals surface area contributed by atoms with Crippen molar-refractivity contribution in [2.75, 3.05) is 34.0 Å². The Hall–Kier alpha value is -3.52. The molecule has 182 valence electrons. The number of ketones is 1. The predicted molar refractivity (Wildman–Crippen MR) is 127 cm³/mol. The Kier molecular flexibility index (Phi) is 8.17. The van der Waals surface area contributed by atoms with Gasteiger partial charge in [0.1, 0.15) is 23.0 Å². The number of methoxy groups -OCH3 is 2. The molecule has 2 aromatic carbocycles. The molecule has 34 heavy (non-hydrogen) atoms. The number of benzene rings is 2. The van der Waals surface area contributed by atoms with Crippen LogP contribution in [0.2, 0.25) is 0 Å². The van der Waals surface area contributed by atoms with Crippen LogP contribution in [0, 0.1) is 0 Å². The van der Waals surface area contributed by atoms with Crippen molar-refractivity contribution in [3.05, 3.63) is 59.2 Å². The number of Topliss-reactive ketones (excluding diaryl/α,β-unsaturated/α-hetero) is 1. The molecule has 1 atom stereocenters. The van der Waals surface area contributed by atoms with Crippen molar-refractivity contribution in [3.8, 4) is 17.2 Å². The smallest absolute Gasteiger partial charge is 0.295 e. The molecule has 0 spiro atoms. The molecule has 0 saturated carbocycles. The number of likely N-dealkylation sites (tertiary alicyclic amines) is 1. The van der Waals surface area contributed by atoms with Crippen LogP contribution in [0.3, 0.4) is 0 Å². The zero-order chi connectivity index (χ0) is 24.8. The van der Waals surface area contributed by atoms with E-state index in [4.69, 9.17) is 18.9 Å². The highest BCUT2D eigenvalue weighted by Crippen LogP contribution is 2.41. The number of aliphatic hydroxyl groups is 1. The number of carbonyl (C=O) groups is 2. The maximum atomic E-state index is 13.2. The van der Waals surface area contributed by atoms with Gasteiger partial charge in [-0.25, -0.2) is 0 Å². The predicted octanol–water partition coefficient (Wildman–Crippen LogP) is 3.95. The van der Waals surface area contributed by atoms with Crippen molar-refractivity contribution >= 4 is 17.4 Å². The number of aliphatic hydroxyl groups excluding tert-OH is 1. The van der Waals surface area contributed by atoms with Crippen molar-refractivity contribution in [1.82, 2.24) is 4.90 Å². The molecule has 1 amide bonds. The summed E-state index contributed by atoms with van der Waals surface area (Å²) in [5.41, 5.74) is 0.898. The van der Waals surface area contributed by atoms with E-state index in [1.165, 1.54) is 19.1 Å². The molecule has 1 aliphatic heterocycles. The lowest BCUT2D eigenvalue weighted by molar-refractivity contribution is -0.140. The largest absolute Gasteiger partial charge is 0.507 e. The van der Waals surface area contributed by atoms with E-state index < -0.39 is 17.7 Å². The van der Waals surface area contributed by atoms with Crippen LogP contribution in [0.4, 0.5) is 0 Å². The average Bonchev–Trinajstić information content (AvgIpc) is 3.08. The van der Waals surface area contributed by atoms with E-state index in [1.807, 2.05) is 20.8 Å². The number of hydrogen-bond acceptors (Lipinski definition) is 7. The highest BCUT2D eigenvalue weighted by atomic mass is 16.5. The molecular weight excluding hydrogens is 438 g/mol. The number of nitrogens with zero attached hydrogens (tertiary/aromatic N) is 1. The first kappa shape index (κ1) is 25.1. The minimum Gasteiger partial charge on any atom is -0.507 e. The third-order valence-electron chi connectivity index (χ3n) is 5.49. The van der Waals surface area contributed by atoms with Crippen molar-refractivity contribution in [2.45, 2.75) is 32.9 Å². The number of ether oxygens (including phenoxy) is 4. The van der Waals surface area contributed by atoms with E-state index >= 15 is 0 Å². The Bertz CT molecular complexity index is 1060. The molecule has 8 heteroatoms. The van der Waals surface area contributed by atoms with Gasteiger partial charge in [0, 0.05) is 6.54 Å². The SMILES string of the molecule is CCOc1ccc(C2/C(=C(\O)c3cc(OC)ccc3OC)C(=O)C(=O)N2CCOC(C)C)cc1. The third-order valence-corrected chi connectivity index (χ3v) is 5.49. The summed E-state index contributed by atoms with van der Waals surface area (Å²) in [6, 6.07) is 11.2. The van der Waals surface area contributed by atoms with Gasteiger partial charge in [0.05, 0.1) is 50.7 Å². The lowest BCUT2D eigenvalue weighted by Gasteiger charge is -2.26. The Labute approximate surface area is 199 Å². The molecule has 0 radical (unpaired) electrons. The molecule has 1 fully saturated rings. The van der Waals surface area contributed by atoms with E-state index in [0.29, 0.717) is 29.4 Å². The van der Waals surface area contributed by atoms with E-state index in [2.05, 4.69) is 0 Å². The molecule has 0 aromatic heterocycles. The Morgan fingerprint density at radius 1 is 1.03 bits per heavy atom. The highest BCUT2D eigenvalue weighted by molar-refractivity contribution is 6.46. The molecule has 1 N–H and O–H groups in total. The quantitative estimate of drug-likeness (QED) is 0.320. The molecule has 2 aromatic rings. The minimum atomic E-state index is -0.803. The molecule has 8 nitrogen and oxygen atoms in total. The van der Waals surface area contributed by atoms with Crippen LogP contribution in [0.15, 0.2) is 48.0 Å². The van der Waals surface area contributed by atoms with Crippen LogP contribution in [0.1, 0.15) is 37.9 Å². The molecular formula is C26H31NO7. The Balaban J connectivity index is 2.14. The van der Waals surface area contributed by atoms with Crippen LogP contribution in [0.25, 0.3) is 5.76 Å². The van der Waals surface area contributed by atoms with Gasteiger partial charge in [-0.15, -0.1) is 0 Å². The Morgan fingerprint density at radius 2 is 1.71 bits per heavy atom. The van der Waals surface area contributed by atoms with Crippen molar-refractivity contribution in [2.24, 2.45) is 0 Å². The van der Waals surface area contributed by atoms with Gasteiger partial charge in [0.15, 0.2) is 0 Å². The van der Waals surface area contributed by atoms with Gasteiger partial charge >= 0.3 is 0 Å². The first-order valence-electron chi connectivity index (χ1n) is 11.2. The van der Waals surface area contributed by atoms with Crippen LogP contribution >= 0.6 is 0 Å². The summed E-state index contributed by atoms with van der Waals surface area (Å²) in [6.45, 7) is 6.63. The fourth-order valence-electron chi connectivity index (χ4n) is 3.90. The maximum Gasteiger partial charge on any atom is 0.295 e. The van der Waals surface area contributed by atoms with Crippen LogP contribution in [-0.4, -0.2) is 61.8 Å². The second-order valence-electron chi connectivity index (χ2n) is 7.98. The maximum absolute atomic E-state index is 13.2. The summed E-state index contributed by atoms with van der Waals surface area (Å²) in [4.78, 5) is 27.7. The van der Waals surface area contributed by atoms with E-state index in [1.54, 1.807) is 42.5 Å². The summed E-state index contributed by atoms with van der Waals surface area (Å²) >= 11 is 0. The summed E-state index contributed by atoms with van der Waals surface area (Å²) in [7, 11) is 2.96. The lowest BCUT2D eigenvalue weighted by Crippen LogP contribution is -2.33. The first-order chi connectivity index (χ1) is 16.3. The summed E-state index contributed by atoms with van der Waals surface area (Å²) < 4.78 is 21.8. The van der Waals surface area contributed by atoms with Gasteiger partial charge < -0.3 is 29.0 Å². The van der Waals surface area contributed by atoms with Gasteiger partial charge in [-0.1, -0.05) is 12.1 Å². The monoisotopic (exact) mass is 469 g/mol. The molecule has 1 unspecified atom stereocenters. The standard InChI is InChI=1S/C26H31NO7/c1-6-33-18-9-7-17(8-10-18)23-22(25(29)26(30)27(23)13-14-34-16(2)3)24(28)20-15-19(31-4)11-12-21(20)32-5/h7-12,15-16,23,28H,6,13-14H2,1-5H3/b24-22+. The van der Waals surface area contributed by atoms with E-state index in [9.17, 15) is 14.7 Å². The van der Waals surface area contributed by atoms with Gasteiger partial charge in [-0.3, -0.25) is 9.59 Å². The molecule has 0 aliphatic carbocycles. The van der Waals surface area contributed by atoms with E-state index in [0.717, 1.165) is 0 Å². The summed E-state index contributed by atoms with van der Waals surface area (Å²) in [6.07, 6.45) is -0.0261. The van der Waals surface area contributed by atoms with Gasteiger partial charge in [-0.05, 0) is 56.7 Å². The molecule has 3 rings (SSSR count). The van der Waals surface area contributed by atoms with Crippen LogP contribution < -0.4 is 14.2 Å². The zero-order valence-electron chi connectivity index (χ0n) is 20.2. The van der Waals surface area contributed by atoms with Gasteiger partial charge in [0.2, 0.25) is 0 Å². The van der Waals surface area contributed by atoms with Crippen molar-refractivity contribution in [1.29, 1.82) is 0 Å². The number of hydrogen-bond donors (Lipinski definition) is 1. The summed E-state index contributed by atoms with van der Waals surface area (Å²) in [5, 5.41) is 11.3. The first-order valence-corrected chi connectivity index (χ1v) is 11.2. The molecule has 1 saturated heterocycles. The number of carbonyl (C=O) groups excluding carboxylic acids is 2. The van der Waals surface area contributed by atoms with Crippen LogP contribution in [-0.2, 0) is 14.3 Å². The average molecular weight is 470 g/mol. The molecule has 1 aliphatic rings. The fourth-order valence-corrected chi connectivity index (χ4v) is 3.90. The minimum absolute atomic E-state index is 0.0229. The second kappa shape index (κ2) is 11.1. The van der Waals surface area contributed by atoms with Crippen LogP contribution in [0.5, 0.6) is 17.2 Å². The number of amides is 1. The van der Waals surface area contributed by atoms with Crippen molar-refractivity contribution < 1.29 is 33.6 Å². The van der Waals surface area contributed by atoms with E-state index in [-0.39, 0.29) is 36.2 Å². The topological polar surface area (TPSA) is 94.5 Å². The Morgan fingerprint density at radius 3 is 2.29 bits per heavy atom. The lowest BCUT2D eigenvalue weighted by atomic mass is 9.95. The third kappa shape index (κ3) is 5.17. The number of rotatable bonds is 10. The molecule has 1 heterocycles. The van der Waals surface area contributed by atoms with Gasteiger partial charge in [0.25, 0.3) is 11.7 Å². The van der Waals surface area contributed by atoms with Gasteiger partial charge in [-0.2, -0.15) is 0 Å². The fraction of sp³-hybridized carbons (Fsp3) is 0.385. The normalized spacial score (nSPS) is 17.4. The van der Waals surface area contributed by atoms with Crippen molar-refractivity contribution in [3.63, 3.8) is 0 Å². The highest BCUT2D eigenvalue weighted by Gasteiger charge is 2.46. The molecule has 0 bridgehead atoms. The zero-order valence-corrected chi connectivity index (χ0v) is 20.2. The summed E-state index contributed by atoms with van der Waals surface area (Å²) in [5.74, 6) is -0.320.